The topological polar surface area (TPSA) is 75.3 Å². The zero-order chi connectivity index (χ0) is 21.3. The van der Waals surface area contributed by atoms with Crippen molar-refractivity contribution in [1.82, 2.24) is 14.9 Å². The SMILES string of the molecule is O=C(c1c[nH]c2ccc(OC(F)(F)F)cc2c1=O)N1CCCC[C@H]1c1cccnc1. The van der Waals surface area contributed by atoms with E-state index in [0.29, 0.717) is 12.1 Å². The molecule has 1 amide bonds. The first-order chi connectivity index (χ1) is 14.3. The van der Waals surface area contributed by atoms with Crippen molar-refractivity contribution < 1.29 is 22.7 Å². The fourth-order valence-electron chi connectivity index (χ4n) is 3.80. The van der Waals surface area contributed by atoms with Gasteiger partial charge in [0.25, 0.3) is 5.91 Å². The minimum Gasteiger partial charge on any atom is -0.406 e. The molecule has 2 aromatic heterocycles. The summed E-state index contributed by atoms with van der Waals surface area (Å²) < 4.78 is 41.5. The van der Waals surface area contributed by atoms with E-state index in [1.807, 2.05) is 6.07 Å². The fourth-order valence-corrected chi connectivity index (χ4v) is 3.80. The Morgan fingerprint density at radius 3 is 2.80 bits per heavy atom. The van der Waals surface area contributed by atoms with E-state index < -0.39 is 23.4 Å². The third-order valence-corrected chi connectivity index (χ3v) is 5.15. The number of carbonyl (C=O) groups excluding carboxylic acids is 1. The van der Waals surface area contributed by atoms with Gasteiger partial charge < -0.3 is 14.6 Å². The first kappa shape index (κ1) is 19.9. The summed E-state index contributed by atoms with van der Waals surface area (Å²) in [5, 5.41) is -0.0439. The van der Waals surface area contributed by atoms with Crippen LogP contribution in [0.15, 0.2) is 53.7 Å². The number of hydrogen-bond acceptors (Lipinski definition) is 4. The summed E-state index contributed by atoms with van der Waals surface area (Å²) in [5.74, 6) is -0.981. The molecule has 6 nitrogen and oxygen atoms in total. The molecule has 0 saturated carbocycles. The zero-order valence-corrected chi connectivity index (χ0v) is 15.8. The largest absolute Gasteiger partial charge is 0.573 e. The quantitative estimate of drug-likeness (QED) is 0.694. The highest BCUT2D eigenvalue weighted by Gasteiger charge is 2.32. The summed E-state index contributed by atoms with van der Waals surface area (Å²) in [7, 11) is 0. The van der Waals surface area contributed by atoms with Crippen molar-refractivity contribution in [2.45, 2.75) is 31.7 Å². The highest BCUT2D eigenvalue weighted by molar-refractivity contribution is 5.97. The van der Waals surface area contributed by atoms with Crippen LogP contribution in [0.2, 0.25) is 0 Å². The molecule has 1 aliphatic heterocycles. The Kier molecular flexibility index (Phi) is 5.19. The number of benzene rings is 1. The number of amides is 1. The second-order valence-corrected chi connectivity index (χ2v) is 7.08. The van der Waals surface area contributed by atoms with Gasteiger partial charge in [0, 0.05) is 36.0 Å². The van der Waals surface area contributed by atoms with Crippen LogP contribution in [0.25, 0.3) is 10.9 Å². The molecule has 30 heavy (non-hydrogen) atoms. The van der Waals surface area contributed by atoms with Crippen LogP contribution in [-0.4, -0.2) is 33.7 Å². The molecule has 1 fully saturated rings. The van der Waals surface area contributed by atoms with Gasteiger partial charge in [0.15, 0.2) is 0 Å². The highest BCUT2D eigenvalue weighted by atomic mass is 19.4. The van der Waals surface area contributed by atoms with E-state index in [1.54, 1.807) is 23.4 Å². The molecule has 1 N–H and O–H groups in total. The number of aromatic amines is 1. The van der Waals surface area contributed by atoms with Crippen molar-refractivity contribution in [3.8, 4) is 5.75 Å². The summed E-state index contributed by atoms with van der Waals surface area (Å²) in [5.41, 5.74) is 0.427. The normalized spacial score (nSPS) is 17.2. The monoisotopic (exact) mass is 417 g/mol. The van der Waals surface area contributed by atoms with Gasteiger partial charge in [-0.1, -0.05) is 6.07 Å². The van der Waals surface area contributed by atoms with Crippen molar-refractivity contribution in [2.75, 3.05) is 6.54 Å². The van der Waals surface area contributed by atoms with E-state index in [0.717, 1.165) is 37.0 Å². The number of H-pyrrole nitrogens is 1. The molecule has 0 unspecified atom stereocenters. The second kappa shape index (κ2) is 7.81. The lowest BCUT2D eigenvalue weighted by Gasteiger charge is -2.35. The molecule has 9 heteroatoms. The molecule has 3 heterocycles. The van der Waals surface area contributed by atoms with Gasteiger partial charge in [0.2, 0.25) is 5.43 Å². The zero-order valence-electron chi connectivity index (χ0n) is 15.8. The van der Waals surface area contributed by atoms with Crippen LogP contribution >= 0.6 is 0 Å². The molecule has 156 valence electrons. The van der Waals surface area contributed by atoms with Gasteiger partial charge in [-0.2, -0.15) is 0 Å². The Morgan fingerprint density at radius 2 is 2.07 bits per heavy atom. The van der Waals surface area contributed by atoms with Crippen LogP contribution in [0.1, 0.15) is 41.2 Å². The minimum absolute atomic E-state index is 0.0439. The molecular formula is C21H18F3N3O3. The summed E-state index contributed by atoms with van der Waals surface area (Å²) in [6.07, 6.45) is 2.26. The lowest BCUT2D eigenvalue weighted by molar-refractivity contribution is -0.274. The van der Waals surface area contributed by atoms with Gasteiger partial charge in [-0.3, -0.25) is 14.6 Å². The number of halogens is 3. The summed E-state index contributed by atoms with van der Waals surface area (Å²) in [6, 6.07) is 6.87. The lowest BCUT2D eigenvalue weighted by Crippen LogP contribution is -2.40. The molecular weight excluding hydrogens is 399 g/mol. The maximum Gasteiger partial charge on any atom is 0.573 e. The number of nitrogens with zero attached hydrogens (tertiary/aromatic N) is 2. The van der Waals surface area contributed by atoms with Gasteiger partial charge in [-0.15, -0.1) is 13.2 Å². The number of aromatic nitrogens is 2. The van der Waals surface area contributed by atoms with E-state index in [4.69, 9.17) is 0 Å². The number of piperidine rings is 1. The van der Waals surface area contributed by atoms with E-state index in [9.17, 15) is 22.8 Å². The smallest absolute Gasteiger partial charge is 0.406 e. The predicted molar refractivity (Wildman–Crippen MR) is 103 cm³/mol. The first-order valence-electron chi connectivity index (χ1n) is 9.45. The minimum atomic E-state index is -4.88. The van der Waals surface area contributed by atoms with Crippen LogP contribution in [0, 0.1) is 0 Å². The number of rotatable bonds is 3. The average Bonchev–Trinajstić information content (AvgIpc) is 2.73. The second-order valence-electron chi connectivity index (χ2n) is 7.08. The number of ether oxygens (including phenoxy) is 1. The Hall–Kier alpha value is -3.36. The number of alkyl halides is 3. The first-order valence-corrected chi connectivity index (χ1v) is 9.45. The van der Waals surface area contributed by atoms with Gasteiger partial charge in [0.05, 0.1) is 6.04 Å². The van der Waals surface area contributed by atoms with Crippen molar-refractivity contribution in [1.29, 1.82) is 0 Å². The van der Waals surface area contributed by atoms with E-state index in [2.05, 4.69) is 14.7 Å². The van der Waals surface area contributed by atoms with Crippen LogP contribution in [-0.2, 0) is 0 Å². The van der Waals surface area contributed by atoms with Crippen molar-refractivity contribution in [2.24, 2.45) is 0 Å². The maximum atomic E-state index is 13.2. The number of pyridine rings is 2. The summed E-state index contributed by atoms with van der Waals surface area (Å²) >= 11 is 0. The number of carbonyl (C=O) groups is 1. The number of hydrogen-bond donors (Lipinski definition) is 1. The van der Waals surface area contributed by atoms with Gasteiger partial charge >= 0.3 is 6.36 Å². The molecule has 0 spiro atoms. The van der Waals surface area contributed by atoms with Crippen molar-refractivity contribution in [3.63, 3.8) is 0 Å². The third-order valence-electron chi connectivity index (χ3n) is 5.15. The predicted octanol–water partition coefficient (Wildman–Crippen LogP) is 4.19. The molecule has 1 aliphatic rings. The molecule has 1 aromatic carbocycles. The summed E-state index contributed by atoms with van der Waals surface area (Å²) in [4.78, 5) is 34.8. The molecule has 1 saturated heterocycles. The molecule has 0 bridgehead atoms. The Morgan fingerprint density at radius 1 is 1.23 bits per heavy atom. The molecule has 4 rings (SSSR count). The summed E-state index contributed by atoms with van der Waals surface area (Å²) in [6.45, 7) is 0.479. The van der Waals surface area contributed by atoms with Gasteiger partial charge in [-0.05, 0) is 49.1 Å². The lowest BCUT2D eigenvalue weighted by atomic mass is 9.95. The molecule has 3 aromatic rings. The Balaban J connectivity index is 1.71. The third kappa shape index (κ3) is 4.00. The Bertz CT molecular complexity index is 1130. The van der Waals surface area contributed by atoms with Crippen molar-refractivity contribution >= 4 is 16.8 Å². The number of nitrogens with one attached hydrogen (secondary N) is 1. The molecule has 1 atom stereocenters. The van der Waals surface area contributed by atoms with Crippen LogP contribution in [0.5, 0.6) is 5.75 Å². The van der Waals surface area contributed by atoms with Crippen LogP contribution in [0.3, 0.4) is 0 Å². The van der Waals surface area contributed by atoms with Crippen LogP contribution < -0.4 is 10.2 Å². The van der Waals surface area contributed by atoms with Gasteiger partial charge in [0.1, 0.15) is 11.3 Å². The molecule has 0 aliphatic carbocycles. The highest BCUT2D eigenvalue weighted by Crippen LogP contribution is 2.31. The van der Waals surface area contributed by atoms with Crippen molar-refractivity contribution in [3.05, 3.63) is 70.3 Å². The van der Waals surface area contributed by atoms with E-state index >= 15 is 0 Å². The Labute approximate surface area is 169 Å². The average molecular weight is 417 g/mol. The van der Waals surface area contributed by atoms with Gasteiger partial charge in [-0.25, -0.2) is 0 Å². The fraction of sp³-hybridized carbons (Fsp3) is 0.286. The standard InChI is InChI=1S/C21H18F3N3O3/c22-21(23,24)30-14-6-7-17-15(10-14)19(28)16(12-26-17)20(29)27-9-2-1-5-18(27)13-4-3-8-25-11-13/h3-4,6-8,10-12,18H,1-2,5,9H2,(H,26,28)/t18-/m0/s1. The van der Waals surface area contributed by atoms with E-state index in [1.165, 1.54) is 12.3 Å². The number of fused-ring (bicyclic) bond motifs is 1. The molecule has 0 radical (unpaired) electrons. The van der Waals surface area contributed by atoms with Crippen LogP contribution in [0.4, 0.5) is 13.2 Å². The maximum absolute atomic E-state index is 13.2. The van der Waals surface area contributed by atoms with E-state index in [-0.39, 0.29) is 17.0 Å². The number of likely N-dealkylation sites (tertiary alicyclic amines) is 1.